The Hall–Kier alpha value is -2.63. The zero-order valence-electron chi connectivity index (χ0n) is 16.5. The van der Waals surface area contributed by atoms with Gasteiger partial charge in [-0.15, -0.1) is 0 Å². The molecule has 1 aromatic carbocycles. The summed E-state index contributed by atoms with van der Waals surface area (Å²) in [5.74, 6) is 1.96. The smallest absolute Gasteiger partial charge is 0.331 e. The van der Waals surface area contributed by atoms with Crippen LogP contribution in [0.25, 0.3) is 0 Å². The molecule has 4 aliphatic rings. The molecule has 6 heteroatoms. The lowest BCUT2D eigenvalue weighted by atomic mass is 9.53. The van der Waals surface area contributed by atoms with Crippen LogP contribution in [-0.2, 0) is 17.9 Å². The predicted molar refractivity (Wildman–Crippen MR) is 110 cm³/mol. The molecule has 0 aliphatic heterocycles. The van der Waals surface area contributed by atoms with E-state index in [1.807, 2.05) is 30.3 Å². The zero-order valence-corrected chi connectivity index (χ0v) is 16.5. The van der Waals surface area contributed by atoms with E-state index in [-0.39, 0.29) is 18.0 Å². The third kappa shape index (κ3) is 3.56. The van der Waals surface area contributed by atoms with Crippen molar-refractivity contribution >= 4 is 5.91 Å². The van der Waals surface area contributed by atoms with Gasteiger partial charge in [-0.05, 0) is 61.8 Å². The molecule has 1 N–H and O–H groups in total. The molecule has 6 rings (SSSR count). The van der Waals surface area contributed by atoms with Crippen LogP contribution in [0.1, 0.15) is 44.1 Å². The van der Waals surface area contributed by atoms with Crippen LogP contribution in [0.3, 0.4) is 0 Å². The summed E-state index contributed by atoms with van der Waals surface area (Å²) in [7, 11) is 0. The van der Waals surface area contributed by atoms with Crippen molar-refractivity contribution in [1.29, 1.82) is 0 Å². The molecule has 29 heavy (non-hydrogen) atoms. The Morgan fingerprint density at radius 1 is 0.966 bits per heavy atom. The average Bonchev–Trinajstić information content (AvgIpc) is 2.67. The molecular formula is C23H27N3O3. The van der Waals surface area contributed by atoms with E-state index in [4.69, 9.17) is 0 Å². The van der Waals surface area contributed by atoms with Gasteiger partial charge in [-0.25, -0.2) is 4.79 Å². The Balaban J connectivity index is 1.34. The van der Waals surface area contributed by atoms with Crippen molar-refractivity contribution in [2.75, 3.05) is 0 Å². The van der Waals surface area contributed by atoms with E-state index in [0.29, 0.717) is 6.54 Å². The second-order valence-corrected chi connectivity index (χ2v) is 9.38. The highest BCUT2D eigenvalue weighted by molar-refractivity contribution is 5.76. The molecule has 4 bridgehead atoms. The van der Waals surface area contributed by atoms with Gasteiger partial charge in [-0.3, -0.25) is 18.7 Å². The molecule has 2 aromatic rings. The van der Waals surface area contributed by atoms with Crippen LogP contribution in [0.5, 0.6) is 0 Å². The van der Waals surface area contributed by atoms with E-state index in [2.05, 4.69) is 5.32 Å². The van der Waals surface area contributed by atoms with Crippen LogP contribution < -0.4 is 16.6 Å². The van der Waals surface area contributed by atoms with E-state index in [9.17, 15) is 14.4 Å². The third-order valence-electron chi connectivity index (χ3n) is 7.08. The summed E-state index contributed by atoms with van der Waals surface area (Å²) in [4.78, 5) is 38.0. The second kappa shape index (κ2) is 7.01. The molecule has 1 heterocycles. The maximum atomic E-state index is 12.9. The first-order valence-corrected chi connectivity index (χ1v) is 10.6. The summed E-state index contributed by atoms with van der Waals surface area (Å²) < 4.78 is 2.54. The molecule has 0 spiro atoms. The fraction of sp³-hybridized carbons (Fsp3) is 0.522. The zero-order chi connectivity index (χ0) is 20.0. The number of carbonyl (C=O) groups excluding carboxylic acids is 1. The van der Waals surface area contributed by atoms with Crippen molar-refractivity contribution in [3.05, 3.63) is 69.0 Å². The molecule has 0 saturated heterocycles. The van der Waals surface area contributed by atoms with Crippen LogP contribution in [0.4, 0.5) is 0 Å². The maximum absolute atomic E-state index is 12.9. The number of hydrogen-bond donors (Lipinski definition) is 1. The molecule has 4 saturated carbocycles. The number of rotatable bonds is 5. The first-order valence-electron chi connectivity index (χ1n) is 10.6. The number of nitrogens with one attached hydrogen (secondary N) is 1. The van der Waals surface area contributed by atoms with E-state index in [0.717, 1.165) is 47.1 Å². The van der Waals surface area contributed by atoms with Crippen LogP contribution in [0.15, 0.2) is 52.2 Å². The predicted octanol–water partition coefficient (Wildman–Crippen LogP) is 2.14. The van der Waals surface area contributed by atoms with Crippen LogP contribution in [0.2, 0.25) is 0 Å². The molecule has 4 fully saturated rings. The van der Waals surface area contributed by atoms with E-state index >= 15 is 0 Å². The van der Waals surface area contributed by atoms with E-state index in [1.165, 1.54) is 36.1 Å². The SMILES string of the molecule is O=C(Cn1c(=O)ccn(Cc2ccccc2)c1=O)NC12CC3CC(CC(C3)C1)C2. The summed E-state index contributed by atoms with van der Waals surface area (Å²) >= 11 is 0. The molecule has 0 unspecified atom stereocenters. The summed E-state index contributed by atoms with van der Waals surface area (Å²) in [5, 5.41) is 3.25. The minimum absolute atomic E-state index is 0.118. The maximum Gasteiger partial charge on any atom is 0.331 e. The Bertz CT molecular complexity index is 1000. The summed E-state index contributed by atoms with van der Waals surface area (Å²) in [5.41, 5.74) is -0.0207. The van der Waals surface area contributed by atoms with Gasteiger partial charge < -0.3 is 5.32 Å². The molecular weight excluding hydrogens is 366 g/mol. The fourth-order valence-electron chi connectivity index (χ4n) is 6.35. The number of amides is 1. The summed E-state index contributed by atoms with van der Waals surface area (Å²) in [6, 6.07) is 11.0. The Kier molecular flexibility index (Phi) is 4.45. The van der Waals surface area contributed by atoms with Gasteiger partial charge >= 0.3 is 5.69 Å². The van der Waals surface area contributed by atoms with Gasteiger partial charge in [-0.1, -0.05) is 30.3 Å². The normalized spacial score (nSPS) is 29.7. The highest BCUT2D eigenvalue weighted by atomic mass is 16.2. The van der Waals surface area contributed by atoms with Crippen LogP contribution >= 0.6 is 0 Å². The van der Waals surface area contributed by atoms with Gasteiger partial charge in [0, 0.05) is 17.8 Å². The number of nitrogens with zero attached hydrogens (tertiary/aromatic N) is 2. The van der Waals surface area contributed by atoms with Crippen LogP contribution in [0, 0.1) is 17.8 Å². The van der Waals surface area contributed by atoms with Gasteiger partial charge in [0.1, 0.15) is 6.54 Å². The average molecular weight is 393 g/mol. The highest BCUT2D eigenvalue weighted by Crippen LogP contribution is 2.55. The van der Waals surface area contributed by atoms with Crippen molar-refractivity contribution in [2.24, 2.45) is 17.8 Å². The minimum atomic E-state index is -0.443. The Labute approximate surface area is 169 Å². The van der Waals surface area contributed by atoms with Crippen LogP contribution in [-0.4, -0.2) is 20.6 Å². The highest BCUT2D eigenvalue weighted by Gasteiger charge is 2.51. The van der Waals surface area contributed by atoms with Crippen molar-refractivity contribution in [2.45, 2.75) is 57.2 Å². The molecule has 0 atom stereocenters. The largest absolute Gasteiger partial charge is 0.349 e. The van der Waals surface area contributed by atoms with Crippen molar-refractivity contribution in [3.63, 3.8) is 0 Å². The van der Waals surface area contributed by atoms with Crippen molar-refractivity contribution < 1.29 is 4.79 Å². The number of carbonyl (C=O) groups is 1. The van der Waals surface area contributed by atoms with Gasteiger partial charge in [0.15, 0.2) is 0 Å². The Morgan fingerprint density at radius 3 is 2.21 bits per heavy atom. The van der Waals surface area contributed by atoms with Gasteiger partial charge in [-0.2, -0.15) is 0 Å². The molecule has 1 amide bonds. The van der Waals surface area contributed by atoms with E-state index < -0.39 is 11.2 Å². The quantitative estimate of drug-likeness (QED) is 0.846. The lowest BCUT2D eigenvalue weighted by molar-refractivity contribution is -0.127. The van der Waals surface area contributed by atoms with E-state index in [1.54, 1.807) is 0 Å². The molecule has 0 radical (unpaired) electrons. The standard InChI is InChI=1S/C23H27N3O3/c27-20(24-23-11-17-8-18(12-23)10-19(9-17)13-23)15-26-21(28)6-7-25(22(26)29)14-16-4-2-1-3-5-16/h1-7,17-19H,8-15H2,(H,24,27). The van der Waals surface area contributed by atoms with Gasteiger partial charge in [0.2, 0.25) is 5.91 Å². The minimum Gasteiger partial charge on any atom is -0.349 e. The summed E-state index contributed by atoms with van der Waals surface area (Å²) in [6.45, 7) is 0.158. The first-order chi connectivity index (χ1) is 14.0. The first kappa shape index (κ1) is 18.4. The number of benzene rings is 1. The molecule has 1 aromatic heterocycles. The van der Waals surface area contributed by atoms with Gasteiger partial charge in [0.25, 0.3) is 5.56 Å². The number of hydrogen-bond acceptors (Lipinski definition) is 3. The Morgan fingerprint density at radius 2 is 1.59 bits per heavy atom. The van der Waals surface area contributed by atoms with Gasteiger partial charge in [0.05, 0.1) is 6.54 Å². The fourth-order valence-corrected chi connectivity index (χ4v) is 6.35. The molecule has 152 valence electrons. The monoisotopic (exact) mass is 393 g/mol. The summed E-state index contributed by atoms with van der Waals surface area (Å²) in [6.07, 6.45) is 8.56. The molecule has 4 aliphatic carbocycles. The number of aromatic nitrogens is 2. The lowest BCUT2D eigenvalue weighted by Crippen LogP contribution is -2.60. The second-order valence-electron chi connectivity index (χ2n) is 9.38. The third-order valence-corrected chi connectivity index (χ3v) is 7.08. The van der Waals surface area contributed by atoms with Crippen molar-refractivity contribution in [3.8, 4) is 0 Å². The molecule has 6 nitrogen and oxygen atoms in total. The van der Waals surface area contributed by atoms with Crippen molar-refractivity contribution in [1.82, 2.24) is 14.5 Å². The topological polar surface area (TPSA) is 73.1 Å². The lowest BCUT2D eigenvalue weighted by Gasteiger charge is -2.56.